The number of hydrogen-bond acceptors (Lipinski definition) is 9. The first-order chi connectivity index (χ1) is 16.9. The molecule has 3 N–H and O–H groups in total. The Morgan fingerprint density at radius 2 is 2.00 bits per heavy atom. The molecule has 11 nitrogen and oxygen atoms in total. The molecule has 3 fully saturated rings. The van der Waals surface area contributed by atoms with Gasteiger partial charge in [-0.3, -0.25) is 5.10 Å². The number of nitrogens with one attached hydrogen (secondary N) is 3. The Morgan fingerprint density at radius 3 is 2.69 bits per heavy atom. The minimum atomic E-state index is -3.55. The van der Waals surface area contributed by atoms with Gasteiger partial charge in [-0.25, -0.2) is 4.98 Å². The van der Waals surface area contributed by atoms with E-state index in [1.165, 1.54) is 4.31 Å². The quantitative estimate of drug-likeness (QED) is 0.456. The van der Waals surface area contributed by atoms with Crippen molar-refractivity contribution < 1.29 is 8.42 Å². The summed E-state index contributed by atoms with van der Waals surface area (Å²) in [5.74, 6) is 1.73. The molecule has 184 valence electrons. The summed E-state index contributed by atoms with van der Waals surface area (Å²) in [6.45, 7) is 2.55. The number of aryl methyl sites for hydroxylation is 1. The maximum atomic E-state index is 13.3. The van der Waals surface area contributed by atoms with E-state index in [0.717, 1.165) is 35.2 Å². The van der Waals surface area contributed by atoms with Crippen molar-refractivity contribution in [3.8, 4) is 6.07 Å². The molecule has 6 rings (SSSR count). The number of nitrogens with zero attached hydrogens (tertiary/aromatic N) is 6. The van der Waals surface area contributed by atoms with Crippen molar-refractivity contribution in [3.05, 3.63) is 23.2 Å². The van der Waals surface area contributed by atoms with E-state index in [9.17, 15) is 8.42 Å². The number of rotatable bonds is 6. The SMILES string of the molecule is Cc1cc(Nc2nc(NC3C[C@H]4CCC[C@@H](C3)N4S(=O)(=O)N3CC(C#N)C3)nc3ccsc23)n[nH]1. The zero-order valence-corrected chi connectivity index (χ0v) is 20.9. The monoisotopic (exact) mass is 513 g/mol. The summed E-state index contributed by atoms with van der Waals surface area (Å²) in [4.78, 5) is 9.47. The third kappa shape index (κ3) is 4.14. The first-order valence-electron chi connectivity index (χ1n) is 11.9. The van der Waals surface area contributed by atoms with Gasteiger partial charge in [0.25, 0.3) is 10.2 Å². The second-order valence-electron chi connectivity index (χ2n) is 9.62. The van der Waals surface area contributed by atoms with Gasteiger partial charge in [0.2, 0.25) is 5.95 Å². The highest BCUT2D eigenvalue weighted by Gasteiger charge is 2.49. The van der Waals surface area contributed by atoms with Crippen molar-refractivity contribution in [2.24, 2.45) is 5.92 Å². The molecule has 0 amide bonds. The Hall–Kier alpha value is -2.79. The van der Waals surface area contributed by atoms with E-state index < -0.39 is 10.2 Å². The standard InChI is InChI=1S/C22H27N9O2S2/c1-13-7-19(29-28-13)26-21-20-18(5-6-34-20)25-22(27-21)24-15-8-16-3-2-4-17(9-15)31(16)35(32,33)30-11-14(10-23)12-30/h5-7,14-17H,2-4,8-9,11-12H2,1H3,(H3,24,25,26,27,28,29)/t15?,16-,17+. The Bertz CT molecular complexity index is 1380. The lowest BCUT2D eigenvalue weighted by Crippen LogP contribution is -2.63. The smallest absolute Gasteiger partial charge is 0.282 e. The van der Waals surface area contributed by atoms with E-state index in [1.54, 1.807) is 15.6 Å². The van der Waals surface area contributed by atoms with Gasteiger partial charge in [0.1, 0.15) is 0 Å². The predicted molar refractivity (Wildman–Crippen MR) is 134 cm³/mol. The summed E-state index contributed by atoms with van der Waals surface area (Å²) in [5.41, 5.74) is 1.81. The Morgan fingerprint density at radius 1 is 1.23 bits per heavy atom. The molecule has 6 heterocycles. The topological polar surface area (TPSA) is 143 Å². The number of aromatic nitrogens is 4. The number of thiophene rings is 1. The molecule has 0 spiro atoms. The van der Waals surface area contributed by atoms with Gasteiger partial charge in [0.15, 0.2) is 11.6 Å². The van der Waals surface area contributed by atoms with Gasteiger partial charge < -0.3 is 10.6 Å². The molecule has 2 bridgehead atoms. The fourth-order valence-electron chi connectivity index (χ4n) is 5.47. The van der Waals surface area contributed by atoms with Crippen molar-refractivity contribution in [1.82, 2.24) is 28.8 Å². The van der Waals surface area contributed by atoms with E-state index in [0.29, 0.717) is 43.5 Å². The van der Waals surface area contributed by atoms with Gasteiger partial charge in [0, 0.05) is 43.0 Å². The second kappa shape index (κ2) is 8.70. The predicted octanol–water partition coefficient (Wildman–Crippen LogP) is 2.96. The Balaban J connectivity index is 1.21. The molecule has 13 heteroatoms. The number of hydrogen-bond donors (Lipinski definition) is 3. The zero-order chi connectivity index (χ0) is 24.2. The molecule has 0 aliphatic carbocycles. The van der Waals surface area contributed by atoms with Crippen LogP contribution in [0.1, 0.15) is 37.8 Å². The normalized spacial score (nSPS) is 25.8. The first-order valence-corrected chi connectivity index (χ1v) is 14.2. The highest BCUT2D eigenvalue weighted by Crippen LogP contribution is 2.39. The minimum Gasteiger partial charge on any atom is -0.351 e. The van der Waals surface area contributed by atoms with Gasteiger partial charge in [-0.1, -0.05) is 6.42 Å². The summed E-state index contributed by atoms with van der Waals surface area (Å²) in [6.07, 6.45) is 4.14. The maximum absolute atomic E-state index is 13.3. The van der Waals surface area contributed by atoms with Gasteiger partial charge in [-0.05, 0) is 44.1 Å². The average Bonchev–Trinajstić information content (AvgIpc) is 3.41. The molecule has 3 atom stereocenters. The summed E-state index contributed by atoms with van der Waals surface area (Å²) < 4.78 is 30.8. The van der Waals surface area contributed by atoms with Crippen LogP contribution in [0.5, 0.6) is 0 Å². The Kier molecular flexibility index (Phi) is 5.63. The molecular weight excluding hydrogens is 486 g/mol. The molecule has 3 saturated heterocycles. The summed E-state index contributed by atoms with van der Waals surface area (Å²) in [7, 11) is -3.55. The lowest BCUT2D eigenvalue weighted by molar-refractivity contribution is 0.0983. The highest BCUT2D eigenvalue weighted by atomic mass is 32.2. The number of H-pyrrole nitrogens is 1. The van der Waals surface area contributed by atoms with E-state index >= 15 is 0 Å². The van der Waals surface area contributed by atoms with E-state index in [1.807, 2.05) is 24.4 Å². The third-order valence-electron chi connectivity index (χ3n) is 7.12. The van der Waals surface area contributed by atoms with E-state index in [2.05, 4.69) is 26.9 Å². The molecule has 0 saturated carbocycles. The number of fused-ring (bicyclic) bond motifs is 3. The number of aromatic amines is 1. The second-order valence-corrected chi connectivity index (χ2v) is 12.4. The van der Waals surface area contributed by atoms with Crippen molar-refractivity contribution in [3.63, 3.8) is 0 Å². The van der Waals surface area contributed by atoms with Crippen LogP contribution in [0.4, 0.5) is 17.6 Å². The van der Waals surface area contributed by atoms with Gasteiger partial charge in [0.05, 0.1) is 22.2 Å². The molecule has 3 aromatic rings. The van der Waals surface area contributed by atoms with Crippen LogP contribution in [0.15, 0.2) is 17.5 Å². The molecule has 1 unspecified atom stereocenters. The van der Waals surface area contributed by atoms with Crippen molar-refractivity contribution in [2.75, 3.05) is 23.7 Å². The number of piperidine rings is 2. The van der Waals surface area contributed by atoms with Crippen LogP contribution >= 0.6 is 11.3 Å². The molecule has 35 heavy (non-hydrogen) atoms. The van der Waals surface area contributed by atoms with Crippen molar-refractivity contribution >= 4 is 49.3 Å². The average molecular weight is 514 g/mol. The lowest BCUT2D eigenvalue weighted by Gasteiger charge is -2.50. The van der Waals surface area contributed by atoms with Crippen molar-refractivity contribution in [1.29, 1.82) is 5.26 Å². The summed E-state index contributed by atoms with van der Waals surface area (Å²) >= 11 is 1.57. The van der Waals surface area contributed by atoms with Gasteiger partial charge in [-0.15, -0.1) is 11.3 Å². The Labute approximate surface area is 207 Å². The van der Waals surface area contributed by atoms with Gasteiger partial charge >= 0.3 is 0 Å². The van der Waals surface area contributed by atoms with E-state index in [4.69, 9.17) is 15.2 Å². The fraction of sp³-hybridized carbons (Fsp3) is 0.545. The number of anilines is 3. The molecular formula is C22H27N9O2S2. The summed E-state index contributed by atoms with van der Waals surface area (Å²) in [5, 5.41) is 25.0. The molecule has 3 aliphatic rings. The van der Waals surface area contributed by atoms with Crippen molar-refractivity contribution in [2.45, 2.75) is 57.2 Å². The van der Waals surface area contributed by atoms with Crippen LogP contribution in [-0.2, 0) is 10.2 Å². The molecule has 0 aromatic carbocycles. The van der Waals surface area contributed by atoms with Crippen LogP contribution < -0.4 is 10.6 Å². The third-order valence-corrected chi connectivity index (χ3v) is 10.1. The fourth-order valence-corrected chi connectivity index (χ4v) is 8.39. The van der Waals surface area contributed by atoms with E-state index in [-0.39, 0.29) is 24.0 Å². The van der Waals surface area contributed by atoms with Crippen LogP contribution in [0.3, 0.4) is 0 Å². The van der Waals surface area contributed by atoms with Gasteiger partial charge in [-0.2, -0.15) is 32.4 Å². The minimum absolute atomic E-state index is 0.0550. The van der Waals surface area contributed by atoms with Crippen LogP contribution in [0.2, 0.25) is 0 Å². The lowest BCUT2D eigenvalue weighted by atomic mass is 9.84. The number of nitriles is 1. The zero-order valence-electron chi connectivity index (χ0n) is 19.3. The van der Waals surface area contributed by atoms with Crippen LogP contribution in [0.25, 0.3) is 10.2 Å². The van der Waals surface area contributed by atoms with Crippen LogP contribution in [0, 0.1) is 24.2 Å². The molecule has 3 aliphatic heterocycles. The maximum Gasteiger partial charge on any atom is 0.282 e. The summed E-state index contributed by atoms with van der Waals surface area (Å²) in [6, 6.07) is 6.03. The molecule has 0 radical (unpaired) electrons. The largest absolute Gasteiger partial charge is 0.351 e. The highest BCUT2D eigenvalue weighted by molar-refractivity contribution is 7.86. The first kappa shape index (κ1) is 22.7. The molecule has 3 aromatic heterocycles. The van der Waals surface area contributed by atoms with Crippen LogP contribution in [-0.4, -0.2) is 68.4 Å².